The van der Waals surface area contributed by atoms with E-state index in [-0.39, 0.29) is 5.69 Å². The maximum Gasteiger partial charge on any atom is 0.269 e. The van der Waals surface area contributed by atoms with Gasteiger partial charge in [-0.15, -0.1) is 11.3 Å². The summed E-state index contributed by atoms with van der Waals surface area (Å²) in [6, 6.07) is 23.8. The highest BCUT2D eigenvalue weighted by Gasteiger charge is 2.08. The van der Waals surface area contributed by atoms with Crippen molar-refractivity contribution in [2.75, 3.05) is 0 Å². The molecule has 1 heterocycles. The minimum absolute atomic E-state index is 0.0527. The molecule has 0 aliphatic carbocycles. The van der Waals surface area contributed by atoms with E-state index in [0.717, 1.165) is 25.7 Å². The van der Waals surface area contributed by atoms with E-state index in [1.54, 1.807) is 23.5 Å². The average Bonchev–Trinajstić information content (AvgIpc) is 3.21. The molecule has 0 spiro atoms. The van der Waals surface area contributed by atoms with Gasteiger partial charge in [0.25, 0.3) is 5.69 Å². The number of nitro benzene ring substituents is 1. The summed E-state index contributed by atoms with van der Waals surface area (Å²) < 4.78 is 7.66. The van der Waals surface area contributed by atoms with Gasteiger partial charge in [-0.3, -0.25) is 10.1 Å². The zero-order chi connectivity index (χ0) is 21.6. The van der Waals surface area contributed by atoms with Gasteiger partial charge in [0.2, 0.25) is 0 Å². The van der Waals surface area contributed by atoms with E-state index in [1.165, 1.54) is 23.9 Å². The second kappa shape index (κ2) is 9.43. The molecular formula is C23H15N3O3S2. The van der Waals surface area contributed by atoms with Crippen LogP contribution in [0.4, 0.5) is 5.69 Å². The molecule has 8 heteroatoms. The third-order valence-electron chi connectivity index (χ3n) is 4.31. The fourth-order valence-corrected chi connectivity index (χ4v) is 4.74. The number of nitrogens with zero attached hydrogens (tertiary/aromatic N) is 3. The molecule has 31 heavy (non-hydrogen) atoms. The molecule has 0 unspecified atom stereocenters. The first-order valence-electron chi connectivity index (χ1n) is 9.22. The molecule has 0 aliphatic heterocycles. The average molecular weight is 446 g/mol. The molecule has 1 aromatic heterocycles. The third-order valence-corrected chi connectivity index (χ3v) is 6.34. The number of hydrogen-bond donors (Lipinski definition) is 0. The topological polar surface area (TPSA) is 89.0 Å². The van der Waals surface area contributed by atoms with Crippen LogP contribution in [0.5, 0.6) is 5.75 Å². The molecule has 0 fully saturated rings. The number of non-ortho nitro benzene ring substituents is 1. The molecule has 0 radical (unpaired) electrons. The van der Waals surface area contributed by atoms with Gasteiger partial charge < -0.3 is 4.74 Å². The van der Waals surface area contributed by atoms with Crippen LogP contribution < -0.4 is 4.74 Å². The third kappa shape index (κ3) is 5.28. The molecule has 0 saturated heterocycles. The maximum absolute atomic E-state index is 10.7. The molecule has 6 nitrogen and oxygen atoms in total. The molecule has 0 saturated carbocycles. The highest BCUT2D eigenvalue weighted by molar-refractivity contribution is 8.05. The standard InChI is InChI=1S/C23H15N3O3S2/c24-14-20(30-23-25-21-3-1-2-4-22(21)31-23)13-16-7-11-19(12-8-16)29-15-17-5-9-18(10-6-17)26(27)28/h1-13H,15H2. The summed E-state index contributed by atoms with van der Waals surface area (Å²) in [6.07, 6.45) is 1.82. The van der Waals surface area contributed by atoms with E-state index in [1.807, 2.05) is 54.6 Å². The number of para-hydroxylation sites is 1. The van der Waals surface area contributed by atoms with Crippen molar-refractivity contribution in [3.8, 4) is 11.8 Å². The van der Waals surface area contributed by atoms with Gasteiger partial charge in [0.15, 0.2) is 4.34 Å². The number of hydrogen-bond acceptors (Lipinski definition) is 7. The van der Waals surface area contributed by atoms with Crippen LogP contribution in [0.15, 0.2) is 82.0 Å². The number of rotatable bonds is 7. The van der Waals surface area contributed by atoms with Crippen molar-refractivity contribution in [1.82, 2.24) is 4.98 Å². The SMILES string of the molecule is N#CC(=Cc1ccc(OCc2ccc([N+](=O)[O-])cc2)cc1)Sc1nc2ccccc2s1. The van der Waals surface area contributed by atoms with Gasteiger partial charge in [-0.05, 0) is 65.4 Å². The van der Waals surface area contributed by atoms with Gasteiger partial charge in [0, 0.05) is 12.1 Å². The van der Waals surface area contributed by atoms with E-state index in [2.05, 4.69) is 11.1 Å². The van der Waals surface area contributed by atoms with Gasteiger partial charge in [-0.2, -0.15) is 5.26 Å². The smallest absolute Gasteiger partial charge is 0.269 e. The number of allylic oxidation sites excluding steroid dienone is 1. The van der Waals surface area contributed by atoms with E-state index < -0.39 is 4.92 Å². The van der Waals surface area contributed by atoms with Crippen molar-refractivity contribution in [2.24, 2.45) is 0 Å². The quantitative estimate of drug-likeness (QED) is 0.141. The first-order chi connectivity index (χ1) is 15.1. The molecule has 0 amide bonds. The molecule has 3 aromatic carbocycles. The molecule has 152 valence electrons. The lowest BCUT2D eigenvalue weighted by atomic mass is 10.2. The Labute approximate surface area is 186 Å². The first-order valence-corrected chi connectivity index (χ1v) is 10.9. The lowest BCUT2D eigenvalue weighted by Gasteiger charge is -2.06. The Hall–Kier alpha value is -3.67. The van der Waals surface area contributed by atoms with E-state index in [9.17, 15) is 15.4 Å². The molecule has 4 rings (SSSR count). The maximum atomic E-state index is 10.7. The van der Waals surface area contributed by atoms with Crippen LogP contribution in [0.2, 0.25) is 0 Å². The Bertz CT molecular complexity index is 1260. The van der Waals surface area contributed by atoms with Crippen LogP contribution >= 0.6 is 23.1 Å². The van der Waals surface area contributed by atoms with Crippen LogP contribution in [0.1, 0.15) is 11.1 Å². The number of thioether (sulfide) groups is 1. The fraction of sp³-hybridized carbons (Fsp3) is 0.0435. The summed E-state index contributed by atoms with van der Waals surface area (Å²) >= 11 is 2.92. The van der Waals surface area contributed by atoms with Crippen molar-refractivity contribution in [1.29, 1.82) is 5.26 Å². The Morgan fingerprint density at radius 2 is 1.87 bits per heavy atom. The normalized spacial score (nSPS) is 11.3. The second-order valence-electron chi connectivity index (χ2n) is 6.45. The predicted octanol–water partition coefficient (Wildman–Crippen LogP) is 6.44. The fourth-order valence-electron chi connectivity index (χ4n) is 2.77. The van der Waals surface area contributed by atoms with Crippen molar-refractivity contribution in [2.45, 2.75) is 10.9 Å². The summed E-state index contributed by atoms with van der Waals surface area (Å²) in [7, 11) is 0. The predicted molar refractivity (Wildman–Crippen MR) is 123 cm³/mol. The van der Waals surface area contributed by atoms with Crippen molar-refractivity contribution < 1.29 is 9.66 Å². The number of fused-ring (bicyclic) bond motifs is 1. The summed E-state index contributed by atoms with van der Waals surface area (Å²) in [5.74, 6) is 0.674. The van der Waals surface area contributed by atoms with Crippen LogP contribution in [0.25, 0.3) is 16.3 Å². The molecular weight excluding hydrogens is 430 g/mol. The van der Waals surface area contributed by atoms with Crippen LogP contribution in [0, 0.1) is 21.4 Å². The zero-order valence-corrected chi connectivity index (χ0v) is 17.7. The number of benzene rings is 3. The molecule has 4 aromatic rings. The highest BCUT2D eigenvalue weighted by Crippen LogP contribution is 2.34. The summed E-state index contributed by atoms with van der Waals surface area (Å²) in [5.41, 5.74) is 2.71. The van der Waals surface area contributed by atoms with Crippen molar-refractivity contribution >= 4 is 45.1 Å². The molecule has 0 bridgehead atoms. The Morgan fingerprint density at radius 3 is 2.55 bits per heavy atom. The van der Waals surface area contributed by atoms with Gasteiger partial charge in [-0.1, -0.05) is 24.3 Å². The minimum Gasteiger partial charge on any atom is -0.489 e. The molecule has 0 aliphatic rings. The van der Waals surface area contributed by atoms with Crippen LogP contribution in [-0.4, -0.2) is 9.91 Å². The van der Waals surface area contributed by atoms with E-state index >= 15 is 0 Å². The van der Waals surface area contributed by atoms with Gasteiger partial charge in [-0.25, -0.2) is 4.98 Å². The van der Waals surface area contributed by atoms with Gasteiger partial charge >= 0.3 is 0 Å². The summed E-state index contributed by atoms with van der Waals surface area (Å²) in [6.45, 7) is 0.310. The van der Waals surface area contributed by atoms with Crippen LogP contribution in [0.3, 0.4) is 0 Å². The van der Waals surface area contributed by atoms with E-state index in [4.69, 9.17) is 4.74 Å². The molecule has 0 N–H and O–H groups in total. The lowest BCUT2D eigenvalue weighted by molar-refractivity contribution is -0.384. The monoisotopic (exact) mass is 445 g/mol. The first kappa shape index (κ1) is 20.6. The van der Waals surface area contributed by atoms with Crippen molar-refractivity contribution in [3.63, 3.8) is 0 Å². The number of nitro groups is 1. The Balaban J connectivity index is 1.39. The van der Waals surface area contributed by atoms with Gasteiger partial charge in [0.05, 0.1) is 20.0 Å². The van der Waals surface area contributed by atoms with Crippen LogP contribution in [-0.2, 0) is 6.61 Å². The number of ether oxygens (including phenoxy) is 1. The summed E-state index contributed by atoms with van der Waals surface area (Å²) in [4.78, 5) is 15.4. The second-order valence-corrected chi connectivity index (χ2v) is 8.77. The minimum atomic E-state index is -0.429. The number of nitriles is 1. The number of thiazole rings is 1. The number of aromatic nitrogens is 1. The highest BCUT2D eigenvalue weighted by atomic mass is 32.2. The Morgan fingerprint density at radius 1 is 1.13 bits per heavy atom. The van der Waals surface area contributed by atoms with E-state index in [0.29, 0.717) is 17.3 Å². The zero-order valence-electron chi connectivity index (χ0n) is 16.1. The van der Waals surface area contributed by atoms with Crippen molar-refractivity contribution in [3.05, 3.63) is 98.9 Å². The molecule has 0 atom stereocenters. The van der Waals surface area contributed by atoms with Gasteiger partial charge in [0.1, 0.15) is 18.4 Å². The lowest BCUT2D eigenvalue weighted by Crippen LogP contribution is -1.96. The Kier molecular flexibility index (Phi) is 6.26. The largest absolute Gasteiger partial charge is 0.489 e. The summed E-state index contributed by atoms with van der Waals surface area (Å²) in [5, 5.41) is 20.2.